The minimum absolute atomic E-state index is 0.00880. The van der Waals surface area contributed by atoms with Crippen molar-refractivity contribution >= 4 is 11.9 Å². The summed E-state index contributed by atoms with van der Waals surface area (Å²) in [5, 5.41) is 10.4. The summed E-state index contributed by atoms with van der Waals surface area (Å²) < 4.78 is 5.14. The lowest BCUT2D eigenvalue weighted by molar-refractivity contribution is -0.150. The Labute approximate surface area is 79.9 Å². The lowest BCUT2D eigenvalue weighted by atomic mass is 10.4. The molecule has 0 radical (unpaired) electrons. The van der Waals surface area contributed by atoms with Gasteiger partial charge in [-0.2, -0.15) is 0 Å². The predicted molar refractivity (Wildman–Crippen MR) is 45.4 cm³/mol. The molecular weight excluding hydrogens is 188 g/mol. The minimum Gasteiger partial charge on any atom is -0.474 e. The molecule has 1 aromatic heterocycles. The molecule has 0 aliphatic carbocycles. The van der Waals surface area contributed by atoms with E-state index in [-0.39, 0.29) is 6.54 Å². The van der Waals surface area contributed by atoms with E-state index in [0.29, 0.717) is 18.1 Å². The Morgan fingerprint density at radius 2 is 2.36 bits per heavy atom. The molecule has 0 fully saturated rings. The van der Waals surface area contributed by atoms with Crippen molar-refractivity contribution in [1.29, 1.82) is 0 Å². The Morgan fingerprint density at radius 3 is 2.86 bits per heavy atom. The third kappa shape index (κ3) is 2.58. The normalized spacial score (nSPS) is 9.79. The summed E-state index contributed by atoms with van der Waals surface area (Å²) in [7, 11) is 0. The number of aromatic nitrogens is 1. The van der Waals surface area contributed by atoms with Crippen LogP contribution in [0, 0.1) is 0 Å². The van der Waals surface area contributed by atoms with E-state index in [1.807, 2.05) is 6.92 Å². The lowest BCUT2D eigenvalue weighted by Crippen LogP contribution is -2.30. The van der Waals surface area contributed by atoms with Gasteiger partial charge in [-0.25, -0.2) is 9.78 Å². The van der Waals surface area contributed by atoms with Crippen LogP contribution in [0.3, 0.4) is 0 Å². The number of nitrogens with one attached hydrogen (secondary N) is 1. The predicted octanol–water partition coefficient (Wildman–Crippen LogP) is -0.0622. The summed E-state index contributed by atoms with van der Waals surface area (Å²) in [6.07, 6.45) is 2.25. The average molecular weight is 198 g/mol. The molecule has 6 nitrogen and oxygen atoms in total. The molecule has 0 aliphatic heterocycles. The molecule has 1 amide bonds. The largest absolute Gasteiger partial charge is 0.474 e. The van der Waals surface area contributed by atoms with Crippen molar-refractivity contribution in [1.82, 2.24) is 10.3 Å². The van der Waals surface area contributed by atoms with Gasteiger partial charge >= 0.3 is 11.9 Å². The van der Waals surface area contributed by atoms with Crippen molar-refractivity contribution < 1.29 is 19.1 Å². The second-order valence-corrected chi connectivity index (χ2v) is 2.56. The van der Waals surface area contributed by atoms with E-state index in [1.54, 1.807) is 6.20 Å². The molecule has 1 aromatic rings. The second-order valence-electron chi connectivity index (χ2n) is 2.56. The Bertz CT molecular complexity index is 345. The summed E-state index contributed by atoms with van der Waals surface area (Å²) in [6, 6.07) is 0. The van der Waals surface area contributed by atoms with Crippen LogP contribution >= 0.6 is 0 Å². The number of hydrogen-bond acceptors (Lipinski definition) is 4. The molecule has 2 N–H and O–H groups in total. The highest BCUT2D eigenvalue weighted by Gasteiger charge is 2.11. The first kappa shape index (κ1) is 10.2. The molecule has 0 aromatic carbocycles. The van der Waals surface area contributed by atoms with Crippen molar-refractivity contribution in [2.75, 3.05) is 0 Å². The van der Waals surface area contributed by atoms with Gasteiger partial charge in [0.15, 0.2) is 0 Å². The number of aryl methyl sites for hydroxylation is 1. The number of hydrogen-bond donors (Lipinski definition) is 2. The summed E-state index contributed by atoms with van der Waals surface area (Å²) in [5.74, 6) is -1.59. The maximum Gasteiger partial charge on any atom is 0.394 e. The van der Waals surface area contributed by atoms with Gasteiger partial charge in [0.2, 0.25) is 5.89 Å². The third-order valence-electron chi connectivity index (χ3n) is 1.54. The zero-order valence-corrected chi connectivity index (χ0v) is 7.61. The monoisotopic (exact) mass is 198 g/mol. The van der Waals surface area contributed by atoms with Crippen molar-refractivity contribution in [3.05, 3.63) is 17.8 Å². The molecule has 0 atom stereocenters. The van der Waals surface area contributed by atoms with Gasteiger partial charge < -0.3 is 14.8 Å². The van der Waals surface area contributed by atoms with E-state index in [2.05, 4.69) is 10.3 Å². The van der Waals surface area contributed by atoms with Crippen LogP contribution in [0.25, 0.3) is 0 Å². The zero-order valence-electron chi connectivity index (χ0n) is 7.61. The summed E-state index contributed by atoms with van der Waals surface area (Å²) in [5.41, 5.74) is 0. The first-order valence-corrected chi connectivity index (χ1v) is 4.08. The van der Waals surface area contributed by atoms with Crippen LogP contribution in [-0.2, 0) is 22.6 Å². The molecule has 0 spiro atoms. The summed E-state index contributed by atoms with van der Waals surface area (Å²) in [4.78, 5) is 24.6. The number of carbonyl (C=O) groups excluding carboxylic acids is 1. The highest BCUT2D eigenvalue weighted by Crippen LogP contribution is 2.03. The standard InChI is InChI=1S/C8H10N2O4/c1-2-5-3-9-6(14-5)4-10-7(11)8(12)13/h3H,2,4H2,1H3,(H,10,11)(H,12,13). The van der Waals surface area contributed by atoms with Crippen molar-refractivity contribution in [3.8, 4) is 0 Å². The van der Waals surface area contributed by atoms with Crippen molar-refractivity contribution in [2.45, 2.75) is 19.9 Å². The van der Waals surface area contributed by atoms with E-state index in [1.165, 1.54) is 0 Å². The number of carboxylic acid groups (broad SMARTS) is 1. The molecule has 0 saturated heterocycles. The molecule has 0 bridgehead atoms. The molecule has 1 rings (SSSR count). The van der Waals surface area contributed by atoms with Crippen molar-refractivity contribution in [2.24, 2.45) is 0 Å². The highest BCUT2D eigenvalue weighted by molar-refractivity contribution is 6.31. The molecular formula is C8H10N2O4. The van der Waals surface area contributed by atoms with Crippen LogP contribution in [0.2, 0.25) is 0 Å². The lowest BCUT2D eigenvalue weighted by Gasteiger charge is -1.96. The third-order valence-corrected chi connectivity index (χ3v) is 1.54. The number of carbonyl (C=O) groups is 2. The first-order valence-electron chi connectivity index (χ1n) is 4.08. The molecule has 0 aliphatic rings. The van der Waals surface area contributed by atoms with E-state index in [0.717, 1.165) is 0 Å². The average Bonchev–Trinajstić information content (AvgIpc) is 2.61. The number of aliphatic carboxylic acids is 1. The van der Waals surface area contributed by atoms with Gasteiger partial charge in [-0.05, 0) is 0 Å². The first-order chi connectivity index (χ1) is 6.63. The van der Waals surface area contributed by atoms with Gasteiger partial charge in [-0.1, -0.05) is 6.92 Å². The molecule has 76 valence electrons. The van der Waals surface area contributed by atoms with Crippen molar-refractivity contribution in [3.63, 3.8) is 0 Å². The second kappa shape index (κ2) is 4.40. The number of amides is 1. The topological polar surface area (TPSA) is 92.4 Å². The zero-order chi connectivity index (χ0) is 10.6. The number of carboxylic acids is 1. The van der Waals surface area contributed by atoms with E-state index >= 15 is 0 Å². The fourth-order valence-electron chi connectivity index (χ4n) is 0.825. The molecule has 0 unspecified atom stereocenters. The van der Waals surface area contributed by atoms with Gasteiger partial charge in [0.1, 0.15) is 5.76 Å². The smallest absolute Gasteiger partial charge is 0.394 e. The maximum atomic E-state index is 10.6. The van der Waals surface area contributed by atoms with E-state index in [4.69, 9.17) is 9.52 Å². The quantitative estimate of drug-likeness (QED) is 0.663. The van der Waals surface area contributed by atoms with E-state index in [9.17, 15) is 9.59 Å². The number of oxazole rings is 1. The van der Waals surface area contributed by atoms with Crippen LogP contribution in [0.4, 0.5) is 0 Å². The van der Waals surface area contributed by atoms with Crippen LogP contribution in [0.5, 0.6) is 0 Å². The Kier molecular flexibility index (Phi) is 3.22. The Hall–Kier alpha value is -1.85. The molecule has 0 saturated carbocycles. The van der Waals surface area contributed by atoms with Crippen LogP contribution < -0.4 is 5.32 Å². The summed E-state index contributed by atoms with van der Waals surface area (Å²) in [6.45, 7) is 1.89. The van der Waals surface area contributed by atoms with Gasteiger partial charge in [-0.15, -0.1) is 0 Å². The SMILES string of the molecule is CCc1cnc(CNC(=O)C(=O)O)o1. The minimum atomic E-state index is -1.52. The van der Waals surface area contributed by atoms with Crippen LogP contribution in [0.15, 0.2) is 10.6 Å². The Balaban J connectivity index is 2.45. The molecule has 14 heavy (non-hydrogen) atoms. The van der Waals surface area contributed by atoms with Gasteiger partial charge in [0.05, 0.1) is 12.7 Å². The number of rotatable bonds is 3. The summed E-state index contributed by atoms with van der Waals surface area (Å²) >= 11 is 0. The Morgan fingerprint density at radius 1 is 1.64 bits per heavy atom. The van der Waals surface area contributed by atoms with Gasteiger partial charge in [0.25, 0.3) is 0 Å². The van der Waals surface area contributed by atoms with Gasteiger partial charge in [0, 0.05) is 6.42 Å². The molecule has 1 heterocycles. The highest BCUT2D eigenvalue weighted by atomic mass is 16.4. The van der Waals surface area contributed by atoms with Gasteiger partial charge in [-0.3, -0.25) is 4.79 Å². The maximum absolute atomic E-state index is 10.6. The van der Waals surface area contributed by atoms with Crippen LogP contribution in [0.1, 0.15) is 18.6 Å². The number of nitrogens with zero attached hydrogens (tertiary/aromatic N) is 1. The van der Waals surface area contributed by atoms with Crippen LogP contribution in [-0.4, -0.2) is 22.0 Å². The fourth-order valence-corrected chi connectivity index (χ4v) is 0.825. The van der Waals surface area contributed by atoms with E-state index < -0.39 is 11.9 Å². The molecule has 6 heteroatoms. The fraction of sp³-hybridized carbons (Fsp3) is 0.375.